The minimum atomic E-state index is 0.0843. The molecule has 1 atom stereocenters. The van der Waals surface area contributed by atoms with Crippen LogP contribution in [-0.4, -0.2) is 24.1 Å². The van der Waals surface area contributed by atoms with Crippen LogP contribution in [0.25, 0.3) is 66.5 Å². The maximum absolute atomic E-state index is 9.70. The summed E-state index contributed by atoms with van der Waals surface area (Å²) in [6.07, 6.45) is 5.52. The second-order valence-electron chi connectivity index (χ2n) is 12.3. The predicted octanol–water partition coefficient (Wildman–Crippen LogP) is 8.97. The Balaban J connectivity index is 1.19. The monoisotopic (exact) mass is 625 g/mol. The van der Waals surface area contributed by atoms with E-state index in [9.17, 15) is 10.5 Å². The molecule has 5 aromatic heterocycles. The average molecular weight is 626 g/mol. The van der Waals surface area contributed by atoms with Crippen LogP contribution in [0.5, 0.6) is 0 Å². The molecule has 0 saturated carbocycles. The Kier molecular flexibility index (Phi) is 5.64. The maximum Gasteiger partial charge on any atom is 0.0992 e. The quantitative estimate of drug-likeness (QED) is 0.195. The van der Waals surface area contributed by atoms with Crippen molar-refractivity contribution in [3.63, 3.8) is 0 Å². The fraction of sp³-hybridized carbons (Fsp3) is 0.0238. The molecule has 7 nitrogen and oxygen atoms in total. The van der Waals surface area contributed by atoms with E-state index in [0.29, 0.717) is 11.1 Å². The fourth-order valence-electron chi connectivity index (χ4n) is 7.79. The lowest BCUT2D eigenvalue weighted by Gasteiger charge is -2.15. The Hall–Kier alpha value is -7.09. The van der Waals surface area contributed by atoms with Crippen molar-refractivity contribution in [3.05, 3.63) is 162 Å². The van der Waals surface area contributed by atoms with Crippen LogP contribution >= 0.6 is 0 Å². The Labute approximate surface area is 280 Å². The van der Waals surface area contributed by atoms with Gasteiger partial charge in [0.2, 0.25) is 0 Å². The zero-order valence-electron chi connectivity index (χ0n) is 25.9. The lowest BCUT2D eigenvalue weighted by molar-refractivity contribution is 1.01. The van der Waals surface area contributed by atoms with Gasteiger partial charge in [0.15, 0.2) is 0 Å². The van der Waals surface area contributed by atoms with Gasteiger partial charge in [-0.25, -0.2) is 0 Å². The van der Waals surface area contributed by atoms with Crippen LogP contribution in [0.2, 0.25) is 0 Å². The molecule has 7 heteroatoms. The summed E-state index contributed by atoms with van der Waals surface area (Å²) in [5.41, 5.74) is 14.2. The summed E-state index contributed by atoms with van der Waals surface area (Å²) in [5.74, 6) is 0.0843. The molecule has 0 saturated heterocycles. The van der Waals surface area contributed by atoms with Crippen LogP contribution in [0.4, 0.5) is 0 Å². The van der Waals surface area contributed by atoms with Crippen LogP contribution < -0.4 is 0 Å². The van der Waals surface area contributed by atoms with Crippen LogP contribution in [0.3, 0.4) is 0 Å². The van der Waals surface area contributed by atoms with Gasteiger partial charge in [-0.2, -0.15) is 10.5 Å². The first-order valence-corrected chi connectivity index (χ1v) is 16.0. The van der Waals surface area contributed by atoms with E-state index in [1.807, 2.05) is 48.8 Å². The van der Waals surface area contributed by atoms with Gasteiger partial charge in [-0.3, -0.25) is 15.0 Å². The smallest absolute Gasteiger partial charge is 0.0992 e. The van der Waals surface area contributed by atoms with E-state index in [4.69, 9.17) is 15.0 Å². The van der Waals surface area contributed by atoms with Crippen molar-refractivity contribution < 1.29 is 0 Å². The molecule has 10 rings (SSSR count). The van der Waals surface area contributed by atoms with Gasteiger partial charge in [0.25, 0.3) is 0 Å². The minimum Gasteiger partial charge on any atom is -0.308 e. The molecule has 5 heterocycles. The molecule has 1 aliphatic carbocycles. The van der Waals surface area contributed by atoms with Crippen molar-refractivity contribution >= 4 is 43.9 Å². The SMILES string of the molecule is N#Cc1cc(C#N)cc(-n2c3ccc(-n4c5ccc(C6c7ccccc7-c7ncccc76)cc5c5ncccc54)cc3c3ncccc32)c1. The number of hydrogen-bond donors (Lipinski definition) is 0. The molecule has 9 aromatic rings. The minimum absolute atomic E-state index is 0.0843. The number of pyridine rings is 3. The topological polar surface area (TPSA) is 96.1 Å². The first-order chi connectivity index (χ1) is 24.2. The lowest BCUT2D eigenvalue weighted by atomic mass is 9.89. The van der Waals surface area contributed by atoms with Crippen LogP contribution in [0.1, 0.15) is 33.7 Å². The van der Waals surface area contributed by atoms with Gasteiger partial charge in [-0.1, -0.05) is 36.4 Å². The maximum atomic E-state index is 9.70. The average Bonchev–Trinajstić information content (AvgIpc) is 3.80. The van der Waals surface area contributed by atoms with E-state index in [1.165, 1.54) is 22.3 Å². The second-order valence-corrected chi connectivity index (χ2v) is 12.3. The summed E-state index contributed by atoms with van der Waals surface area (Å²) in [6, 6.07) is 43.6. The zero-order valence-corrected chi connectivity index (χ0v) is 25.9. The van der Waals surface area contributed by atoms with E-state index in [0.717, 1.165) is 60.9 Å². The highest BCUT2D eigenvalue weighted by atomic mass is 15.0. The summed E-state index contributed by atoms with van der Waals surface area (Å²) in [7, 11) is 0. The Morgan fingerprint density at radius 2 is 1.12 bits per heavy atom. The summed E-state index contributed by atoms with van der Waals surface area (Å²) >= 11 is 0. The first kappa shape index (κ1) is 27.1. The van der Waals surface area contributed by atoms with Gasteiger partial charge in [0.1, 0.15) is 0 Å². The third-order valence-corrected chi connectivity index (χ3v) is 9.75. The Morgan fingerprint density at radius 3 is 1.86 bits per heavy atom. The summed E-state index contributed by atoms with van der Waals surface area (Å²) < 4.78 is 4.35. The molecule has 0 fully saturated rings. The molecule has 226 valence electrons. The van der Waals surface area contributed by atoms with Gasteiger partial charge in [0, 0.05) is 52.2 Å². The lowest BCUT2D eigenvalue weighted by Crippen LogP contribution is -2.00. The number of aromatic nitrogens is 5. The zero-order chi connectivity index (χ0) is 32.6. The molecule has 0 bridgehead atoms. The van der Waals surface area contributed by atoms with Gasteiger partial charge in [0.05, 0.1) is 62.1 Å². The molecule has 1 aliphatic rings. The molecule has 49 heavy (non-hydrogen) atoms. The molecule has 1 unspecified atom stereocenters. The Morgan fingerprint density at radius 1 is 0.510 bits per heavy atom. The highest BCUT2D eigenvalue weighted by Gasteiger charge is 2.31. The number of rotatable bonds is 3. The van der Waals surface area contributed by atoms with Crippen molar-refractivity contribution in [1.82, 2.24) is 24.1 Å². The van der Waals surface area contributed by atoms with E-state index in [1.54, 1.807) is 12.3 Å². The van der Waals surface area contributed by atoms with E-state index in [2.05, 4.69) is 94.1 Å². The van der Waals surface area contributed by atoms with Gasteiger partial charge in [-0.15, -0.1) is 0 Å². The number of nitriles is 2. The summed E-state index contributed by atoms with van der Waals surface area (Å²) in [6.45, 7) is 0. The molecular weight excluding hydrogens is 603 g/mol. The van der Waals surface area contributed by atoms with Gasteiger partial charge in [-0.05, 0) is 95.6 Å². The standard InChI is InChI=1S/C42H23N7/c43-23-25-18-26(24-44)20-29(19-25)49-36-14-12-28(22-34(36)42-38(49)10-5-17-47-42)48-35-13-11-27(21-33(35)41-37(48)9-4-16-46-41)39-30-6-1-2-7-31(30)40-32(39)8-3-15-45-40/h1-22,39H. The normalized spacial score (nSPS) is 13.5. The predicted molar refractivity (Wildman–Crippen MR) is 191 cm³/mol. The van der Waals surface area contributed by atoms with Crippen molar-refractivity contribution in [1.29, 1.82) is 10.5 Å². The largest absolute Gasteiger partial charge is 0.308 e. The fourth-order valence-corrected chi connectivity index (χ4v) is 7.79. The number of benzene rings is 4. The molecule has 0 N–H and O–H groups in total. The van der Waals surface area contributed by atoms with Crippen LogP contribution in [0, 0.1) is 22.7 Å². The third-order valence-electron chi connectivity index (χ3n) is 9.75. The molecule has 0 radical (unpaired) electrons. The first-order valence-electron chi connectivity index (χ1n) is 16.0. The number of fused-ring (bicyclic) bond motifs is 9. The number of hydrogen-bond acceptors (Lipinski definition) is 5. The molecular formula is C42H23N7. The van der Waals surface area contributed by atoms with E-state index >= 15 is 0 Å². The molecule has 0 amide bonds. The van der Waals surface area contributed by atoms with Crippen molar-refractivity contribution in [2.24, 2.45) is 0 Å². The van der Waals surface area contributed by atoms with Crippen molar-refractivity contribution in [2.45, 2.75) is 5.92 Å². The van der Waals surface area contributed by atoms with Crippen molar-refractivity contribution in [3.8, 4) is 34.8 Å². The van der Waals surface area contributed by atoms with E-state index < -0.39 is 0 Å². The second kappa shape index (κ2) is 10.2. The van der Waals surface area contributed by atoms with E-state index in [-0.39, 0.29) is 5.92 Å². The molecule has 0 aliphatic heterocycles. The van der Waals surface area contributed by atoms with Crippen molar-refractivity contribution in [2.75, 3.05) is 0 Å². The Bertz CT molecular complexity index is 2860. The summed E-state index contributed by atoms with van der Waals surface area (Å²) in [4.78, 5) is 14.5. The highest BCUT2D eigenvalue weighted by Crippen LogP contribution is 2.47. The third kappa shape index (κ3) is 3.85. The van der Waals surface area contributed by atoms with Crippen LogP contribution in [0.15, 0.2) is 134 Å². The number of nitrogens with zero attached hydrogens (tertiary/aromatic N) is 7. The van der Waals surface area contributed by atoms with Gasteiger partial charge < -0.3 is 9.13 Å². The summed E-state index contributed by atoms with van der Waals surface area (Å²) in [5, 5.41) is 21.4. The van der Waals surface area contributed by atoms with Crippen LogP contribution in [-0.2, 0) is 0 Å². The molecule has 4 aromatic carbocycles. The highest BCUT2D eigenvalue weighted by molar-refractivity contribution is 6.10. The van der Waals surface area contributed by atoms with Gasteiger partial charge >= 0.3 is 0 Å². The molecule has 0 spiro atoms.